The van der Waals surface area contributed by atoms with Crippen molar-refractivity contribution in [3.05, 3.63) is 41.8 Å². The molecule has 7 heteroatoms. The predicted octanol–water partition coefficient (Wildman–Crippen LogP) is 2.34. The number of pyridine rings is 1. The molecule has 1 fully saturated rings. The molecule has 3 heterocycles. The smallest absolute Gasteiger partial charge is 0.252 e. The van der Waals surface area contributed by atoms with Gasteiger partial charge in [0.15, 0.2) is 5.82 Å². The monoisotopic (exact) mass is 344 g/mol. The van der Waals surface area contributed by atoms with Crippen LogP contribution >= 0.6 is 0 Å². The molecule has 25 heavy (non-hydrogen) atoms. The molecule has 134 valence electrons. The van der Waals surface area contributed by atoms with E-state index < -0.39 is 0 Å². The van der Waals surface area contributed by atoms with E-state index in [-0.39, 0.29) is 17.9 Å². The quantitative estimate of drug-likeness (QED) is 0.800. The number of rotatable bonds is 6. The second kappa shape index (κ2) is 8.20. The number of hydrogen-bond acceptors (Lipinski definition) is 6. The molecule has 1 aliphatic heterocycles. The van der Waals surface area contributed by atoms with Crippen LogP contribution in [-0.2, 0) is 22.6 Å². The molecule has 0 spiro atoms. The van der Waals surface area contributed by atoms with Crippen molar-refractivity contribution in [2.24, 2.45) is 0 Å². The molecule has 0 N–H and O–H groups in total. The molecule has 1 aliphatic rings. The number of carbonyl (C=O) groups is 1. The van der Waals surface area contributed by atoms with E-state index in [9.17, 15) is 4.79 Å². The van der Waals surface area contributed by atoms with Gasteiger partial charge in [0.05, 0.1) is 12.5 Å². The molecule has 7 nitrogen and oxygen atoms in total. The fourth-order valence-corrected chi connectivity index (χ4v) is 2.81. The minimum absolute atomic E-state index is 0.122. The van der Waals surface area contributed by atoms with Gasteiger partial charge in [0, 0.05) is 31.4 Å². The van der Waals surface area contributed by atoms with Crippen molar-refractivity contribution in [3.63, 3.8) is 0 Å². The van der Waals surface area contributed by atoms with Crippen molar-refractivity contribution in [1.29, 1.82) is 0 Å². The fourth-order valence-electron chi connectivity index (χ4n) is 2.81. The lowest BCUT2D eigenvalue weighted by Gasteiger charge is -2.31. The van der Waals surface area contributed by atoms with E-state index >= 15 is 0 Å². The lowest BCUT2D eigenvalue weighted by molar-refractivity contribution is -0.133. The number of ether oxygens (including phenoxy) is 1. The number of hydrogen-bond donors (Lipinski definition) is 0. The van der Waals surface area contributed by atoms with Crippen LogP contribution in [0.3, 0.4) is 0 Å². The molecule has 3 rings (SSSR count). The Morgan fingerprint density at radius 1 is 1.40 bits per heavy atom. The summed E-state index contributed by atoms with van der Waals surface area (Å²) in [5, 5.41) is 3.93. The summed E-state index contributed by atoms with van der Waals surface area (Å²) in [5.74, 6) is 1.60. The molecule has 0 aliphatic carbocycles. The second-order valence-corrected chi connectivity index (χ2v) is 6.63. The summed E-state index contributed by atoms with van der Waals surface area (Å²) in [6, 6.07) is 3.78. The number of amides is 1. The van der Waals surface area contributed by atoms with E-state index in [4.69, 9.17) is 9.26 Å². The lowest BCUT2D eigenvalue weighted by Crippen LogP contribution is -2.41. The lowest BCUT2D eigenvalue weighted by atomic mass is 10.1. The van der Waals surface area contributed by atoms with Crippen molar-refractivity contribution in [3.8, 4) is 0 Å². The van der Waals surface area contributed by atoms with Crippen LogP contribution in [0.2, 0.25) is 0 Å². The minimum Gasteiger partial charge on any atom is -0.368 e. The van der Waals surface area contributed by atoms with E-state index in [2.05, 4.69) is 15.1 Å². The first-order valence-corrected chi connectivity index (χ1v) is 8.72. The van der Waals surface area contributed by atoms with E-state index in [1.165, 1.54) is 0 Å². The van der Waals surface area contributed by atoms with Gasteiger partial charge in [0.2, 0.25) is 5.91 Å². The van der Waals surface area contributed by atoms with Crippen LogP contribution in [-0.4, -0.2) is 45.1 Å². The Labute approximate surface area is 147 Å². The Bertz CT molecular complexity index is 679. The molecule has 0 aromatic carbocycles. The van der Waals surface area contributed by atoms with Crippen LogP contribution in [0.4, 0.5) is 0 Å². The summed E-state index contributed by atoms with van der Waals surface area (Å²) in [7, 11) is 0. The Morgan fingerprint density at radius 2 is 2.20 bits per heavy atom. The second-order valence-electron chi connectivity index (χ2n) is 6.63. The van der Waals surface area contributed by atoms with Crippen LogP contribution < -0.4 is 0 Å². The molecule has 0 unspecified atom stereocenters. The largest absolute Gasteiger partial charge is 0.368 e. The predicted molar refractivity (Wildman–Crippen MR) is 90.7 cm³/mol. The maximum absolute atomic E-state index is 12.3. The fraction of sp³-hybridized carbons (Fsp3) is 0.556. The van der Waals surface area contributed by atoms with Crippen LogP contribution in [0.1, 0.15) is 49.9 Å². The highest BCUT2D eigenvalue weighted by Crippen LogP contribution is 2.17. The highest BCUT2D eigenvalue weighted by atomic mass is 16.5. The number of nitrogens with zero attached hydrogens (tertiary/aromatic N) is 4. The van der Waals surface area contributed by atoms with Crippen molar-refractivity contribution in [1.82, 2.24) is 20.0 Å². The maximum Gasteiger partial charge on any atom is 0.252 e. The minimum atomic E-state index is 0.122. The third-order valence-corrected chi connectivity index (χ3v) is 4.32. The summed E-state index contributed by atoms with van der Waals surface area (Å²) < 4.78 is 11.1. The highest BCUT2D eigenvalue weighted by molar-refractivity contribution is 5.78. The van der Waals surface area contributed by atoms with Gasteiger partial charge >= 0.3 is 0 Å². The van der Waals surface area contributed by atoms with Gasteiger partial charge in [-0.05, 0) is 24.5 Å². The van der Waals surface area contributed by atoms with Gasteiger partial charge in [0.1, 0.15) is 6.61 Å². The van der Waals surface area contributed by atoms with Gasteiger partial charge in [-0.2, -0.15) is 4.98 Å². The van der Waals surface area contributed by atoms with Gasteiger partial charge in [-0.15, -0.1) is 0 Å². The van der Waals surface area contributed by atoms with Gasteiger partial charge in [0.25, 0.3) is 5.89 Å². The maximum atomic E-state index is 12.3. The van der Waals surface area contributed by atoms with E-state index in [0.717, 1.165) is 18.4 Å². The van der Waals surface area contributed by atoms with E-state index in [1.54, 1.807) is 12.4 Å². The summed E-state index contributed by atoms with van der Waals surface area (Å²) >= 11 is 0. The van der Waals surface area contributed by atoms with E-state index in [0.29, 0.717) is 37.8 Å². The zero-order valence-corrected chi connectivity index (χ0v) is 14.7. The van der Waals surface area contributed by atoms with Gasteiger partial charge in [-0.25, -0.2) is 0 Å². The molecule has 2 aromatic heterocycles. The van der Waals surface area contributed by atoms with Crippen molar-refractivity contribution < 1.29 is 14.1 Å². The summed E-state index contributed by atoms with van der Waals surface area (Å²) in [6.07, 6.45) is 5.62. The third kappa shape index (κ3) is 4.85. The molecule has 1 saturated heterocycles. The number of likely N-dealkylation sites (tertiary alicyclic amines) is 1. The molecular formula is C18H24N4O3. The highest BCUT2D eigenvalue weighted by Gasteiger charge is 2.24. The first-order valence-electron chi connectivity index (χ1n) is 8.72. The van der Waals surface area contributed by atoms with Crippen LogP contribution in [0.15, 0.2) is 29.0 Å². The van der Waals surface area contributed by atoms with E-state index in [1.807, 2.05) is 30.9 Å². The first kappa shape index (κ1) is 17.5. The Morgan fingerprint density at radius 3 is 2.84 bits per heavy atom. The van der Waals surface area contributed by atoms with Crippen LogP contribution in [0.5, 0.6) is 0 Å². The van der Waals surface area contributed by atoms with Gasteiger partial charge < -0.3 is 14.2 Å². The molecule has 2 aromatic rings. The average molecular weight is 344 g/mol. The topological polar surface area (TPSA) is 81.4 Å². The number of carbonyl (C=O) groups excluding carboxylic acids is 1. The third-order valence-electron chi connectivity index (χ3n) is 4.32. The molecule has 0 radical (unpaired) electrons. The Balaban J connectivity index is 1.41. The Hall–Kier alpha value is -2.28. The van der Waals surface area contributed by atoms with Gasteiger partial charge in [-0.1, -0.05) is 25.1 Å². The van der Waals surface area contributed by atoms with Crippen LogP contribution in [0, 0.1) is 0 Å². The van der Waals surface area contributed by atoms with Crippen molar-refractivity contribution in [2.75, 3.05) is 13.1 Å². The molecular weight excluding hydrogens is 320 g/mol. The number of aromatic nitrogens is 3. The summed E-state index contributed by atoms with van der Waals surface area (Å²) in [5.41, 5.74) is 0.947. The molecule has 0 bridgehead atoms. The van der Waals surface area contributed by atoms with Crippen LogP contribution in [0.25, 0.3) is 0 Å². The Kier molecular flexibility index (Phi) is 5.75. The number of piperidine rings is 1. The van der Waals surface area contributed by atoms with Gasteiger partial charge in [-0.3, -0.25) is 9.78 Å². The summed E-state index contributed by atoms with van der Waals surface area (Å²) in [6.45, 7) is 5.80. The van der Waals surface area contributed by atoms with Crippen molar-refractivity contribution >= 4 is 5.91 Å². The normalized spacial score (nSPS) is 15.7. The zero-order valence-electron chi connectivity index (χ0n) is 14.7. The zero-order chi connectivity index (χ0) is 17.6. The molecule has 1 amide bonds. The average Bonchev–Trinajstić information content (AvgIpc) is 3.11. The standard InChI is InChI=1S/C18H24N4O3/c1-13(2)18-20-16(25-21-18)12-24-15-5-8-22(9-6-15)17(23)10-14-4-3-7-19-11-14/h3-4,7,11,13,15H,5-6,8-10,12H2,1-2H3. The molecule has 0 atom stereocenters. The molecule has 0 saturated carbocycles. The van der Waals surface area contributed by atoms with Crippen molar-refractivity contribution in [2.45, 2.75) is 51.7 Å². The summed E-state index contributed by atoms with van der Waals surface area (Å²) in [4.78, 5) is 22.6. The SMILES string of the molecule is CC(C)c1noc(COC2CCN(C(=O)Cc3cccnc3)CC2)n1. The first-order chi connectivity index (χ1) is 12.1.